The molecule has 5 nitrogen and oxygen atoms in total. The van der Waals surface area contributed by atoms with Crippen LogP contribution in [0.1, 0.15) is 31.9 Å². The van der Waals surface area contributed by atoms with Gasteiger partial charge >= 0.3 is 5.97 Å². The van der Waals surface area contributed by atoms with E-state index in [1.54, 1.807) is 13.8 Å². The van der Waals surface area contributed by atoms with Crippen LogP contribution in [0.4, 0.5) is 0 Å². The first kappa shape index (κ1) is 15.2. The molecule has 1 atom stereocenters. The molecule has 3 N–H and O–H groups in total. The van der Waals surface area contributed by atoms with Gasteiger partial charge in [-0.15, -0.1) is 0 Å². The molecule has 1 amide bonds. The summed E-state index contributed by atoms with van der Waals surface area (Å²) < 4.78 is 4.62. The number of hydrogen-bond donors (Lipinski definition) is 2. The standard InChI is InChI=1S/C14H20N2O3/c1-14(2,13(18)19-3)16-12(17)9-11(15)10-7-5-4-6-8-10/h4-8,11H,9,15H2,1-3H3,(H,16,17). The van der Waals surface area contributed by atoms with Gasteiger partial charge in [-0.3, -0.25) is 4.79 Å². The molecule has 0 aliphatic carbocycles. The van der Waals surface area contributed by atoms with Gasteiger partial charge in [-0.1, -0.05) is 30.3 Å². The van der Waals surface area contributed by atoms with E-state index in [0.717, 1.165) is 5.56 Å². The average molecular weight is 264 g/mol. The quantitative estimate of drug-likeness (QED) is 0.781. The van der Waals surface area contributed by atoms with Crippen LogP contribution in [0.2, 0.25) is 0 Å². The van der Waals surface area contributed by atoms with Crippen molar-refractivity contribution in [3.05, 3.63) is 35.9 Å². The van der Waals surface area contributed by atoms with Crippen molar-refractivity contribution < 1.29 is 14.3 Å². The van der Waals surface area contributed by atoms with E-state index in [-0.39, 0.29) is 12.3 Å². The highest BCUT2D eigenvalue weighted by molar-refractivity contribution is 5.87. The second-order valence-electron chi connectivity index (χ2n) is 4.89. The molecule has 1 unspecified atom stereocenters. The molecule has 0 spiro atoms. The number of amides is 1. The minimum Gasteiger partial charge on any atom is -0.467 e. The maximum atomic E-state index is 11.9. The Balaban J connectivity index is 2.59. The zero-order valence-electron chi connectivity index (χ0n) is 11.5. The number of nitrogens with one attached hydrogen (secondary N) is 1. The van der Waals surface area contributed by atoms with Gasteiger partial charge in [0.25, 0.3) is 0 Å². The van der Waals surface area contributed by atoms with Crippen LogP contribution in [-0.4, -0.2) is 24.5 Å². The number of carbonyl (C=O) groups is 2. The molecule has 1 aromatic rings. The van der Waals surface area contributed by atoms with Crippen LogP contribution in [-0.2, 0) is 14.3 Å². The Morgan fingerprint density at radius 2 is 1.89 bits per heavy atom. The zero-order valence-corrected chi connectivity index (χ0v) is 11.5. The van der Waals surface area contributed by atoms with Gasteiger partial charge in [-0.2, -0.15) is 0 Å². The first-order valence-corrected chi connectivity index (χ1v) is 6.07. The van der Waals surface area contributed by atoms with E-state index in [0.29, 0.717) is 0 Å². The lowest BCUT2D eigenvalue weighted by Crippen LogP contribution is -2.50. The fourth-order valence-corrected chi connectivity index (χ4v) is 1.72. The molecule has 0 heterocycles. The number of carbonyl (C=O) groups excluding carboxylic acids is 2. The van der Waals surface area contributed by atoms with Crippen LogP contribution < -0.4 is 11.1 Å². The van der Waals surface area contributed by atoms with E-state index in [1.165, 1.54) is 7.11 Å². The Bertz CT molecular complexity index is 443. The molecule has 0 saturated carbocycles. The van der Waals surface area contributed by atoms with E-state index in [2.05, 4.69) is 10.1 Å². The van der Waals surface area contributed by atoms with Crippen molar-refractivity contribution in [2.75, 3.05) is 7.11 Å². The van der Waals surface area contributed by atoms with E-state index in [4.69, 9.17) is 5.73 Å². The molecule has 0 fully saturated rings. The lowest BCUT2D eigenvalue weighted by atomic mass is 10.0. The third-order valence-electron chi connectivity index (χ3n) is 2.78. The van der Waals surface area contributed by atoms with Crippen LogP contribution >= 0.6 is 0 Å². The molecule has 19 heavy (non-hydrogen) atoms. The Kier molecular flexibility index (Phi) is 5.06. The summed E-state index contributed by atoms with van der Waals surface area (Å²) in [6, 6.07) is 8.95. The molecule has 1 rings (SSSR count). The Morgan fingerprint density at radius 3 is 2.42 bits per heavy atom. The summed E-state index contributed by atoms with van der Waals surface area (Å²) in [6.07, 6.45) is 0.116. The summed E-state index contributed by atoms with van der Waals surface area (Å²) in [5.74, 6) is -0.777. The Hall–Kier alpha value is -1.88. The fourth-order valence-electron chi connectivity index (χ4n) is 1.72. The fraction of sp³-hybridized carbons (Fsp3) is 0.429. The van der Waals surface area contributed by atoms with Gasteiger partial charge in [0.2, 0.25) is 5.91 Å². The molecule has 0 aromatic heterocycles. The van der Waals surface area contributed by atoms with E-state index >= 15 is 0 Å². The van der Waals surface area contributed by atoms with Gasteiger partial charge in [0.05, 0.1) is 7.11 Å². The normalized spacial score (nSPS) is 12.6. The highest BCUT2D eigenvalue weighted by Gasteiger charge is 2.30. The van der Waals surface area contributed by atoms with Crippen LogP contribution in [0.25, 0.3) is 0 Å². The number of rotatable bonds is 5. The zero-order chi connectivity index (χ0) is 14.5. The topological polar surface area (TPSA) is 81.4 Å². The van der Waals surface area contributed by atoms with Gasteiger partial charge in [0.1, 0.15) is 5.54 Å². The van der Waals surface area contributed by atoms with Gasteiger partial charge < -0.3 is 15.8 Å². The molecular formula is C14H20N2O3. The summed E-state index contributed by atoms with van der Waals surface area (Å²) in [7, 11) is 1.28. The summed E-state index contributed by atoms with van der Waals surface area (Å²) >= 11 is 0. The molecule has 104 valence electrons. The molecule has 0 saturated heterocycles. The summed E-state index contributed by atoms with van der Waals surface area (Å²) in [4.78, 5) is 23.3. The summed E-state index contributed by atoms with van der Waals surface area (Å²) in [5, 5.41) is 2.61. The number of benzene rings is 1. The molecule has 0 bridgehead atoms. The third kappa shape index (κ3) is 4.37. The lowest BCUT2D eigenvalue weighted by molar-refractivity contribution is -0.149. The smallest absolute Gasteiger partial charge is 0.330 e. The number of esters is 1. The molecule has 5 heteroatoms. The predicted octanol–water partition coefficient (Wildman–Crippen LogP) is 1.14. The Morgan fingerprint density at radius 1 is 1.32 bits per heavy atom. The second-order valence-corrected chi connectivity index (χ2v) is 4.89. The lowest BCUT2D eigenvalue weighted by Gasteiger charge is -2.24. The maximum absolute atomic E-state index is 11.9. The highest BCUT2D eigenvalue weighted by atomic mass is 16.5. The van der Waals surface area contributed by atoms with Crippen molar-refractivity contribution in [3.63, 3.8) is 0 Å². The second kappa shape index (κ2) is 6.33. The van der Waals surface area contributed by atoms with Crippen LogP contribution in [0.3, 0.4) is 0 Å². The SMILES string of the molecule is COC(=O)C(C)(C)NC(=O)CC(N)c1ccccc1. The van der Waals surface area contributed by atoms with Crippen molar-refractivity contribution in [1.82, 2.24) is 5.32 Å². The number of hydrogen-bond acceptors (Lipinski definition) is 4. The van der Waals surface area contributed by atoms with Crippen LogP contribution in [0.5, 0.6) is 0 Å². The van der Waals surface area contributed by atoms with Gasteiger partial charge in [-0.05, 0) is 19.4 Å². The minimum atomic E-state index is -1.05. The highest BCUT2D eigenvalue weighted by Crippen LogP contribution is 2.14. The minimum absolute atomic E-state index is 0.116. The van der Waals surface area contributed by atoms with Crippen molar-refractivity contribution in [1.29, 1.82) is 0 Å². The molecule has 1 aromatic carbocycles. The third-order valence-corrected chi connectivity index (χ3v) is 2.78. The molecule has 0 radical (unpaired) electrons. The van der Waals surface area contributed by atoms with Gasteiger partial charge in [0.15, 0.2) is 0 Å². The molecule has 0 aliphatic heterocycles. The first-order chi connectivity index (χ1) is 8.86. The predicted molar refractivity (Wildman–Crippen MR) is 72.2 cm³/mol. The van der Waals surface area contributed by atoms with E-state index in [9.17, 15) is 9.59 Å². The Labute approximate surface area is 113 Å². The average Bonchev–Trinajstić information content (AvgIpc) is 2.37. The van der Waals surface area contributed by atoms with Gasteiger partial charge in [-0.25, -0.2) is 4.79 Å². The number of nitrogens with two attached hydrogens (primary N) is 1. The summed E-state index contributed by atoms with van der Waals surface area (Å²) in [5.41, 5.74) is 5.78. The van der Waals surface area contributed by atoms with Crippen molar-refractivity contribution in [2.45, 2.75) is 31.8 Å². The number of ether oxygens (including phenoxy) is 1. The largest absolute Gasteiger partial charge is 0.467 e. The van der Waals surface area contributed by atoms with Crippen molar-refractivity contribution in [2.24, 2.45) is 5.73 Å². The maximum Gasteiger partial charge on any atom is 0.330 e. The van der Waals surface area contributed by atoms with Crippen LogP contribution in [0, 0.1) is 0 Å². The van der Waals surface area contributed by atoms with Crippen molar-refractivity contribution in [3.8, 4) is 0 Å². The van der Waals surface area contributed by atoms with E-state index < -0.39 is 17.6 Å². The van der Waals surface area contributed by atoms with E-state index in [1.807, 2.05) is 30.3 Å². The molecule has 0 aliphatic rings. The summed E-state index contributed by atoms with van der Waals surface area (Å²) in [6.45, 7) is 3.18. The van der Waals surface area contributed by atoms with Gasteiger partial charge in [0, 0.05) is 12.5 Å². The molecular weight excluding hydrogens is 244 g/mol. The van der Waals surface area contributed by atoms with Crippen molar-refractivity contribution >= 4 is 11.9 Å². The first-order valence-electron chi connectivity index (χ1n) is 6.07. The van der Waals surface area contributed by atoms with Crippen LogP contribution in [0.15, 0.2) is 30.3 Å². The number of methoxy groups -OCH3 is 1. The monoisotopic (exact) mass is 264 g/mol.